The maximum Gasteiger partial charge on any atom is 0.408 e. The molecule has 2 N–H and O–H groups in total. The van der Waals surface area contributed by atoms with E-state index in [4.69, 9.17) is 42.1 Å². The molecule has 0 saturated heterocycles. The zero-order valence-corrected chi connectivity index (χ0v) is 21.0. The highest BCUT2D eigenvalue weighted by Gasteiger charge is 2.22. The number of halogens is 2. The number of methoxy groups -OCH3 is 1. The Kier molecular flexibility index (Phi) is 8.82. The van der Waals surface area contributed by atoms with Crippen molar-refractivity contribution in [2.75, 3.05) is 26.9 Å². The van der Waals surface area contributed by atoms with E-state index in [0.29, 0.717) is 13.0 Å². The van der Waals surface area contributed by atoms with Crippen LogP contribution in [0, 0.1) is 0 Å². The minimum absolute atomic E-state index is 0.00414. The number of rotatable bonds is 10. The van der Waals surface area contributed by atoms with Gasteiger partial charge in [0.15, 0.2) is 5.15 Å². The summed E-state index contributed by atoms with van der Waals surface area (Å²) in [6.45, 7) is 5.83. The molecule has 1 aromatic carbocycles. The number of alkyl carbamates (subject to hydrolysis) is 1. The van der Waals surface area contributed by atoms with E-state index in [2.05, 4.69) is 20.3 Å². The quantitative estimate of drug-likeness (QED) is 0.297. The minimum atomic E-state index is -0.637. The van der Waals surface area contributed by atoms with Gasteiger partial charge in [0.2, 0.25) is 11.0 Å². The third kappa shape index (κ3) is 7.38. The number of aromatic nitrogens is 3. The number of amides is 1. The Balaban J connectivity index is 1.66. The van der Waals surface area contributed by atoms with Crippen molar-refractivity contribution in [2.45, 2.75) is 38.8 Å². The topological polar surface area (TPSA) is 108 Å². The molecule has 0 aliphatic rings. The van der Waals surface area contributed by atoms with Gasteiger partial charge in [-0.3, -0.25) is 0 Å². The van der Waals surface area contributed by atoms with E-state index in [1.807, 2.05) is 30.5 Å². The van der Waals surface area contributed by atoms with Crippen LogP contribution in [0.15, 0.2) is 30.5 Å². The Hall–Kier alpha value is -2.75. The number of nitrogens with zero attached hydrogens (tertiary/aromatic N) is 2. The number of carbonyl (C=O) groups is 1. The second kappa shape index (κ2) is 11.6. The Morgan fingerprint density at radius 2 is 1.91 bits per heavy atom. The zero-order valence-electron chi connectivity index (χ0n) is 19.5. The molecule has 0 spiro atoms. The number of hydrogen-bond donors (Lipinski definition) is 2. The maximum absolute atomic E-state index is 12.1. The monoisotopic (exact) mass is 510 g/mol. The molecule has 1 unspecified atom stereocenters. The summed E-state index contributed by atoms with van der Waals surface area (Å²) >= 11 is 12.2. The Bertz CT molecular complexity index is 1120. The molecule has 1 amide bonds. The lowest BCUT2D eigenvalue weighted by molar-refractivity contribution is 0.0437. The van der Waals surface area contributed by atoms with Gasteiger partial charge in [0.1, 0.15) is 12.2 Å². The van der Waals surface area contributed by atoms with Crippen LogP contribution in [-0.4, -0.2) is 59.6 Å². The van der Waals surface area contributed by atoms with Crippen molar-refractivity contribution in [3.8, 4) is 11.6 Å². The van der Waals surface area contributed by atoms with Crippen LogP contribution in [0.3, 0.4) is 0 Å². The van der Waals surface area contributed by atoms with Crippen molar-refractivity contribution in [2.24, 2.45) is 0 Å². The lowest BCUT2D eigenvalue weighted by Gasteiger charge is -2.23. The average Bonchev–Trinajstić information content (AvgIpc) is 3.15. The van der Waals surface area contributed by atoms with Gasteiger partial charge in [-0.05, 0) is 44.0 Å². The molecule has 1 atom stereocenters. The van der Waals surface area contributed by atoms with E-state index in [9.17, 15) is 4.79 Å². The Morgan fingerprint density at radius 3 is 2.65 bits per heavy atom. The van der Waals surface area contributed by atoms with Crippen LogP contribution in [0.2, 0.25) is 10.4 Å². The molecular weight excluding hydrogens is 483 g/mol. The molecule has 0 radical (unpaired) electrons. The van der Waals surface area contributed by atoms with Gasteiger partial charge in [0.05, 0.1) is 19.3 Å². The molecule has 184 valence electrons. The number of hydrogen-bond acceptors (Lipinski definition) is 7. The molecule has 3 rings (SSSR count). The van der Waals surface area contributed by atoms with Crippen molar-refractivity contribution >= 4 is 40.2 Å². The molecule has 11 heteroatoms. The van der Waals surface area contributed by atoms with E-state index in [-0.39, 0.29) is 35.3 Å². The molecule has 0 bridgehead atoms. The minimum Gasteiger partial charge on any atom is -0.483 e. The fraction of sp³-hybridized carbons (Fsp3) is 0.435. The fourth-order valence-corrected chi connectivity index (χ4v) is 3.61. The largest absolute Gasteiger partial charge is 0.483 e. The van der Waals surface area contributed by atoms with Crippen LogP contribution in [-0.2, 0) is 15.9 Å². The number of aromatic amines is 1. The Morgan fingerprint density at radius 1 is 1.15 bits per heavy atom. The molecule has 9 nitrogen and oxygen atoms in total. The van der Waals surface area contributed by atoms with Gasteiger partial charge in [0.25, 0.3) is 5.88 Å². The number of nitrogens with one attached hydrogen (secondary N) is 2. The van der Waals surface area contributed by atoms with Crippen LogP contribution >= 0.6 is 23.2 Å². The highest BCUT2D eigenvalue weighted by Crippen LogP contribution is 2.33. The molecule has 0 aliphatic carbocycles. The van der Waals surface area contributed by atoms with Gasteiger partial charge in [-0.2, -0.15) is 4.98 Å². The highest BCUT2D eigenvalue weighted by atomic mass is 35.5. The first-order valence-electron chi connectivity index (χ1n) is 10.7. The van der Waals surface area contributed by atoms with E-state index < -0.39 is 17.7 Å². The lowest BCUT2D eigenvalue weighted by Crippen LogP contribution is -2.44. The number of H-pyrrole nitrogens is 1. The molecule has 0 saturated carbocycles. The van der Waals surface area contributed by atoms with Gasteiger partial charge >= 0.3 is 6.09 Å². The van der Waals surface area contributed by atoms with Crippen LogP contribution in [0.1, 0.15) is 26.3 Å². The summed E-state index contributed by atoms with van der Waals surface area (Å²) < 4.78 is 22.2. The van der Waals surface area contributed by atoms with Gasteiger partial charge < -0.3 is 29.2 Å². The van der Waals surface area contributed by atoms with Crippen molar-refractivity contribution in [1.82, 2.24) is 20.3 Å². The summed E-state index contributed by atoms with van der Waals surface area (Å²) in [6, 6.07) is 7.49. The summed E-state index contributed by atoms with van der Waals surface area (Å²) in [5.74, 6) is 0.232. The lowest BCUT2D eigenvalue weighted by atomic mass is 10.1. The van der Waals surface area contributed by atoms with E-state index in [1.54, 1.807) is 20.8 Å². The molecule has 2 aromatic heterocycles. The summed E-state index contributed by atoms with van der Waals surface area (Å²) in [5.41, 5.74) is 1.52. The third-order valence-corrected chi connectivity index (χ3v) is 4.99. The first-order valence-corrected chi connectivity index (χ1v) is 11.4. The smallest absolute Gasteiger partial charge is 0.408 e. The number of benzene rings is 1. The van der Waals surface area contributed by atoms with Gasteiger partial charge in [-0.1, -0.05) is 29.8 Å². The van der Waals surface area contributed by atoms with E-state index >= 15 is 0 Å². The van der Waals surface area contributed by atoms with Crippen LogP contribution < -0.4 is 14.8 Å². The standard InChI is InChI=1S/C23H28Cl2N4O5/c1-23(2,3)34-22(30)27-15(12-31-4)13-33-18-19(24)28-21(25)29-20(18)32-10-9-14-11-26-17-8-6-5-7-16(14)17/h5-8,11,15,26H,9-10,12-13H2,1-4H3,(H,27,30). The number of fused-ring (bicyclic) bond motifs is 1. The van der Waals surface area contributed by atoms with Crippen LogP contribution in [0.4, 0.5) is 4.79 Å². The van der Waals surface area contributed by atoms with Gasteiger partial charge in [0, 0.05) is 30.6 Å². The van der Waals surface area contributed by atoms with E-state index in [0.717, 1.165) is 16.5 Å². The molecule has 34 heavy (non-hydrogen) atoms. The van der Waals surface area contributed by atoms with Crippen molar-refractivity contribution in [3.63, 3.8) is 0 Å². The summed E-state index contributed by atoms with van der Waals surface area (Å²) in [6.07, 6.45) is 1.98. The number of para-hydroxylation sites is 1. The normalized spacial score (nSPS) is 12.4. The first kappa shape index (κ1) is 25.9. The molecule has 0 aliphatic heterocycles. The predicted octanol–water partition coefficient (Wildman–Crippen LogP) is 4.80. The number of carbonyl (C=O) groups excluding carboxylic acids is 1. The van der Waals surface area contributed by atoms with Gasteiger partial charge in [-0.25, -0.2) is 9.78 Å². The molecular formula is C23H28Cl2N4O5. The maximum atomic E-state index is 12.1. The summed E-state index contributed by atoms with van der Waals surface area (Å²) in [5, 5.41) is 3.76. The highest BCUT2D eigenvalue weighted by molar-refractivity contribution is 6.33. The average molecular weight is 511 g/mol. The van der Waals surface area contributed by atoms with Crippen molar-refractivity contribution in [3.05, 3.63) is 46.5 Å². The summed E-state index contributed by atoms with van der Waals surface area (Å²) in [7, 11) is 1.52. The SMILES string of the molecule is COCC(COc1c(Cl)nc(Cl)nc1OCCc1c[nH]c2ccccc12)NC(=O)OC(C)(C)C. The molecule has 0 fully saturated rings. The third-order valence-electron chi connectivity index (χ3n) is 4.57. The van der Waals surface area contributed by atoms with Crippen molar-refractivity contribution in [1.29, 1.82) is 0 Å². The predicted molar refractivity (Wildman–Crippen MR) is 130 cm³/mol. The first-order chi connectivity index (χ1) is 16.2. The number of ether oxygens (including phenoxy) is 4. The van der Waals surface area contributed by atoms with E-state index in [1.165, 1.54) is 7.11 Å². The van der Waals surface area contributed by atoms with Crippen molar-refractivity contribution < 1.29 is 23.7 Å². The molecule has 3 aromatic rings. The zero-order chi connectivity index (χ0) is 24.7. The second-order valence-corrected chi connectivity index (χ2v) is 9.18. The fourth-order valence-electron chi connectivity index (χ4n) is 3.19. The molecule has 2 heterocycles. The summed E-state index contributed by atoms with van der Waals surface area (Å²) in [4.78, 5) is 23.4. The Labute approximate surface area is 208 Å². The van der Waals surface area contributed by atoms with Crippen LogP contribution in [0.5, 0.6) is 11.6 Å². The van der Waals surface area contributed by atoms with Crippen LogP contribution in [0.25, 0.3) is 10.9 Å². The second-order valence-electron chi connectivity index (χ2n) is 8.49. The van der Waals surface area contributed by atoms with Gasteiger partial charge in [-0.15, -0.1) is 0 Å².